The molecule has 1 amide bonds. The minimum absolute atomic E-state index is 0.0338. The fourth-order valence-corrected chi connectivity index (χ4v) is 5.06. The molecule has 2 heterocycles. The molecule has 4 aromatic rings. The van der Waals surface area contributed by atoms with Crippen LogP contribution in [0.4, 0.5) is 5.82 Å². The minimum Gasteiger partial charge on any atom is -0.310 e. The van der Waals surface area contributed by atoms with Crippen LogP contribution < -0.4 is 5.32 Å². The molecule has 0 bridgehead atoms. The molecule has 0 unspecified atom stereocenters. The Labute approximate surface area is 191 Å². The summed E-state index contributed by atoms with van der Waals surface area (Å²) in [6, 6.07) is 14.6. The van der Waals surface area contributed by atoms with E-state index in [1.807, 2.05) is 23.0 Å². The Morgan fingerprint density at radius 2 is 1.90 bits per heavy atom. The van der Waals surface area contributed by atoms with Crippen LogP contribution in [-0.2, 0) is 11.2 Å². The van der Waals surface area contributed by atoms with Gasteiger partial charge in [0.1, 0.15) is 13.9 Å². The van der Waals surface area contributed by atoms with Crippen molar-refractivity contribution in [1.29, 1.82) is 0 Å². The highest BCUT2D eigenvalue weighted by Gasteiger charge is 2.10. The van der Waals surface area contributed by atoms with E-state index in [-0.39, 0.29) is 5.91 Å². The molecule has 31 heavy (non-hydrogen) atoms. The zero-order valence-corrected chi connectivity index (χ0v) is 20.4. The van der Waals surface area contributed by atoms with Gasteiger partial charge in [0.05, 0.1) is 15.7 Å². The number of nitrogens with zero attached hydrogens (tertiary/aromatic N) is 2. The van der Waals surface area contributed by atoms with Crippen molar-refractivity contribution in [3.63, 3.8) is 0 Å². The van der Waals surface area contributed by atoms with Crippen LogP contribution in [-0.4, -0.2) is 23.9 Å². The lowest BCUT2D eigenvalue weighted by Gasteiger charge is -2.06. The van der Waals surface area contributed by atoms with E-state index >= 15 is 0 Å². The summed E-state index contributed by atoms with van der Waals surface area (Å²) in [5, 5.41) is 5.48. The van der Waals surface area contributed by atoms with Gasteiger partial charge in [0, 0.05) is 17.4 Å². The van der Waals surface area contributed by atoms with E-state index in [0.717, 1.165) is 21.7 Å². The molecule has 0 saturated heterocycles. The van der Waals surface area contributed by atoms with E-state index in [4.69, 9.17) is 0 Å². The van der Waals surface area contributed by atoms with Gasteiger partial charge in [-0.25, -0.2) is 9.97 Å². The van der Waals surface area contributed by atoms with Gasteiger partial charge in [-0.15, -0.1) is 28.2 Å². The number of hydrogen-bond donors (Lipinski definition) is 1. The first-order chi connectivity index (χ1) is 14.9. The number of anilines is 1. The molecular weight excluding hydrogens is 439 g/mol. The first kappa shape index (κ1) is 21.4. The van der Waals surface area contributed by atoms with Crippen LogP contribution in [0.3, 0.4) is 0 Å². The van der Waals surface area contributed by atoms with Gasteiger partial charge in [0.15, 0.2) is 5.01 Å². The number of nitrogens with one attached hydrogen (secondary N) is 1. The topological polar surface area (TPSA) is 54.9 Å². The van der Waals surface area contributed by atoms with E-state index < -0.39 is 8.07 Å². The quantitative estimate of drug-likeness (QED) is 0.283. The summed E-state index contributed by atoms with van der Waals surface area (Å²) in [6.07, 6.45) is 1.10. The number of benzene rings is 2. The number of thiazole rings is 2. The van der Waals surface area contributed by atoms with Crippen LogP contribution in [0, 0.1) is 11.5 Å². The highest BCUT2D eigenvalue weighted by atomic mass is 32.1. The third-order valence-corrected chi connectivity index (χ3v) is 7.09. The Morgan fingerprint density at radius 1 is 1.10 bits per heavy atom. The molecule has 0 saturated carbocycles. The largest absolute Gasteiger partial charge is 0.310 e. The molecule has 0 fully saturated rings. The summed E-state index contributed by atoms with van der Waals surface area (Å²) in [6.45, 7) is 6.59. The van der Waals surface area contributed by atoms with Gasteiger partial charge in [-0.2, -0.15) is 0 Å². The number of carbonyl (C=O) groups excluding carboxylic acids is 1. The van der Waals surface area contributed by atoms with Crippen LogP contribution in [0.15, 0.2) is 53.4 Å². The SMILES string of the molecule is C[Si](C)(C)C#Cc1nc(NC(=O)CCc2ccc(-c3cccc4ncsc34)cc2)cs1. The van der Waals surface area contributed by atoms with E-state index in [9.17, 15) is 4.79 Å². The Hall–Kier alpha value is -2.79. The highest BCUT2D eigenvalue weighted by molar-refractivity contribution is 7.17. The number of aromatic nitrogens is 2. The maximum atomic E-state index is 12.3. The Balaban J connectivity index is 1.34. The monoisotopic (exact) mass is 461 g/mol. The van der Waals surface area contributed by atoms with Gasteiger partial charge in [-0.05, 0) is 29.5 Å². The van der Waals surface area contributed by atoms with Crippen molar-refractivity contribution < 1.29 is 4.79 Å². The summed E-state index contributed by atoms with van der Waals surface area (Å²) in [5.41, 5.74) is 9.70. The van der Waals surface area contributed by atoms with Crippen LogP contribution >= 0.6 is 22.7 Å². The maximum absolute atomic E-state index is 12.3. The normalized spacial score (nSPS) is 11.2. The number of carbonyl (C=O) groups is 1. The first-order valence-electron chi connectivity index (χ1n) is 10.1. The highest BCUT2D eigenvalue weighted by Crippen LogP contribution is 2.31. The molecule has 2 aromatic heterocycles. The van der Waals surface area contributed by atoms with Crippen LogP contribution in [0.1, 0.15) is 17.0 Å². The van der Waals surface area contributed by atoms with E-state index in [1.165, 1.54) is 21.6 Å². The summed E-state index contributed by atoms with van der Waals surface area (Å²) in [4.78, 5) is 21.1. The van der Waals surface area contributed by atoms with Gasteiger partial charge in [-0.1, -0.05) is 56.0 Å². The van der Waals surface area contributed by atoms with Crippen LogP contribution in [0.25, 0.3) is 21.3 Å². The third kappa shape index (κ3) is 5.67. The molecule has 0 atom stereocenters. The van der Waals surface area contributed by atoms with Crippen molar-refractivity contribution in [3.8, 4) is 22.6 Å². The second-order valence-electron chi connectivity index (χ2n) is 8.29. The summed E-state index contributed by atoms with van der Waals surface area (Å²) < 4.78 is 1.20. The average Bonchev–Trinajstić information content (AvgIpc) is 3.40. The molecule has 7 heteroatoms. The fraction of sp³-hybridized carbons (Fsp3) is 0.208. The molecule has 2 aromatic carbocycles. The number of rotatable bonds is 5. The molecule has 0 radical (unpaired) electrons. The number of fused-ring (bicyclic) bond motifs is 1. The molecule has 0 aliphatic carbocycles. The van der Waals surface area contributed by atoms with Gasteiger partial charge < -0.3 is 5.32 Å². The van der Waals surface area contributed by atoms with Gasteiger partial charge in [-0.3, -0.25) is 4.79 Å². The maximum Gasteiger partial charge on any atom is 0.225 e. The second-order valence-corrected chi connectivity index (χ2v) is 14.8. The zero-order valence-electron chi connectivity index (χ0n) is 17.7. The van der Waals surface area contributed by atoms with E-state index in [1.54, 1.807) is 11.3 Å². The molecule has 4 rings (SSSR count). The van der Waals surface area contributed by atoms with Crippen molar-refractivity contribution in [2.45, 2.75) is 32.5 Å². The molecule has 156 valence electrons. The third-order valence-electron chi connectivity index (χ3n) is 4.58. The first-order valence-corrected chi connectivity index (χ1v) is 15.3. The molecule has 4 nitrogen and oxygen atoms in total. The van der Waals surface area contributed by atoms with Crippen molar-refractivity contribution >= 4 is 52.7 Å². The second kappa shape index (κ2) is 9.14. The standard InChI is InChI=1S/C24H23N3OS2Si/c1-31(2,3)14-13-23-27-21(15-29-23)26-22(28)12-9-17-7-10-18(11-8-17)19-5-4-6-20-24(19)30-16-25-20/h4-8,10-11,15-16H,9,12H2,1-3H3,(H,26,28). The van der Waals surface area contributed by atoms with Crippen molar-refractivity contribution in [1.82, 2.24) is 9.97 Å². The molecule has 1 N–H and O–H groups in total. The van der Waals surface area contributed by atoms with E-state index in [2.05, 4.69) is 76.7 Å². The lowest BCUT2D eigenvalue weighted by Crippen LogP contribution is -2.16. The lowest BCUT2D eigenvalue weighted by molar-refractivity contribution is -0.116. The van der Waals surface area contributed by atoms with Crippen LogP contribution in [0.2, 0.25) is 19.6 Å². The Morgan fingerprint density at radius 3 is 2.68 bits per heavy atom. The van der Waals surface area contributed by atoms with Crippen molar-refractivity contribution in [3.05, 3.63) is 63.9 Å². The average molecular weight is 462 g/mol. The molecule has 0 aliphatic rings. The predicted molar refractivity (Wildman–Crippen MR) is 134 cm³/mol. The Kier molecular flexibility index (Phi) is 6.32. The minimum atomic E-state index is -1.43. The van der Waals surface area contributed by atoms with Gasteiger partial charge >= 0.3 is 0 Å². The van der Waals surface area contributed by atoms with Gasteiger partial charge in [0.25, 0.3) is 0 Å². The van der Waals surface area contributed by atoms with Crippen LogP contribution in [0.5, 0.6) is 0 Å². The smallest absolute Gasteiger partial charge is 0.225 e. The number of hydrogen-bond acceptors (Lipinski definition) is 5. The van der Waals surface area contributed by atoms with Crippen molar-refractivity contribution in [2.24, 2.45) is 0 Å². The zero-order chi connectivity index (χ0) is 21.8. The summed E-state index contributed by atoms with van der Waals surface area (Å²) in [7, 11) is -1.43. The lowest BCUT2D eigenvalue weighted by atomic mass is 10.0. The molecular formula is C24H23N3OS2Si. The number of amides is 1. The predicted octanol–water partition coefficient (Wildman–Crippen LogP) is 6.22. The molecule has 0 aliphatic heterocycles. The van der Waals surface area contributed by atoms with E-state index in [0.29, 0.717) is 18.7 Å². The summed E-state index contributed by atoms with van der Waals surface area (Å²) in [5.74, 6) is 3.68. The molecule has 0 spiro atoms. The summed E-state index contributed by atoms with van der Waals surface area (Å²) >= 11 is 3.12. The van der Waals surface area contributed by atoms with Crippen molar-refractivity contribution in [2.75, 3.05) is 5.32 Å². The Bertz CT molecular complexity index is 1270. The fourth-order valence-electron chi connectivity index (χ4n) is 3.06. The van der Waals surface area contributed by atoms with Gasteiger partial charge in [0.2, 0.25) is 5.91 Å². The number of aryl methyl sites for hydroxylation is 1.